The number of nitrogens with one attached hydrogen (secondary N) is 1. The highest BCUT2D eigenvalue weighted by molar-refractivity contribution is 5.37. The van der Waals surface area contributed by atoms with E-state index in [2.05, 4.69) is 22.2 Å². The number of nitrogens with zero attached hydrogens (tertiary/aromatic N) is 2. The monoisotopic (exact) mass is 221 g/mol. The minimum Gasteiger partial charge on any atom is -0.373 e. The molecule has 88 valence electrons. The fourth-order valence-electron chi connectivity index (χ4n) is 1.61. The molecule has 4 heteroatoms. The minimum absolute atomic E-state index is 0.517. The van der Waals surface area contributed by atoms with E-state index in [0.29, 0.717) is 12.5 Å². The first-order valence-electron chi connectivity index (χ1n) is 5.96. The molecule has 16 heavy (non-hydrogen) atoms. The van der Waals surface area contributed by atoms with Crippen LogP contribution in [0, 0.1) is 0 Å². The minimum atomic E-state index is 0.517. The Morgan fingerprint density at radius 3 is 2.88 bits per heavy atom. The molecule has 0 amide bonds. The van der Waals surface area contributed by atoms with E-state index in [9.17, 15) is 0 Å². The fourth-order valence-corrected chi connectivity index (χ4v) is 1.61. The van der Waals surface area contributed by atoms with Crippen molar-refractivity contribution < 1.29 is 4.74 Å². The Morgan fingerprint density at radius 1 is 1.44 bits per heavy atom. The predicted molar refractivity (Wildman–Crippen MR) is 63.5 cm³/mol. The molecular formula is C12H19N3O. The molecule has 0 atom stereocenters. The van der Waals surface area contributed by atoms with Crippen molar-refractivity contribution >= 4 is 5.82 Å². The summed E-state index contributed by atoms with van der Waals surface area (Å²) in [5, 5.41) is 3.07. The van der Waals surface area contributed by atoms with Gasteiger partial charge in [-0.3, -0.25) is 0 Å². The van der Waals surface area contributed by atoms with Crippen molar-refractivity contribution in [2.45, 2.75) is 38.7 Å². The van der Waals surface area contributed by atoms with Crippen LogP contribution < -0.4 is 5.32 Å². The van der Waals surface area contributed by atoms with Gasteiger partial charge in [0.15, 0.2) is 5.82 Å². The molecule has 1 fully saturated rings. The third-order valence-electron chi connectivity index (χ3n) is 2.62. The van der Waals surface area contributed by atoms with Crippen molar-refractivity contribution in [3.8, 4) is 0 Å². The molecule has 2 rings (SSSR count). The molecular weight excluding hydrogens is 202 g/mol. The summed E-state index contributed by atoms with van der Waals surface area (Å²) in [6.45, 7) is 3.38. The standard InChI is InChI=1S/C12H19N3O/c1-3-6-16-8-12-14-10(9-4-5-9)7-11(13-2)15-12/h7,9H,3-6,8H2,1-2H3,(H,13,14,15). The van der Waals surface area contributed by atoms with Crippen LogP contribution in [0.15, 0.2) is 6.07 Å². The van der Waals surface area contributed by atoms with Gasteiger partial charge in [-0.25, -0.2) is 9.97 Å². The van der Waals surface area contributed by atoms with Gasteiger partial charge in [-0.2, -0.15) is 0 Å². The van der Waals surface area contributed by atoms with Gasteiger partial charge in [-0.15, -0.1) is 0 Å². The molecule has 1 aromatic rings. The van der Waals surface area contributed by atoms with Crippen molar-refractivity contribution in [1.29, 1.82) is 0 Å². The van der Waals surface area contributed by atoms with E-state index in [1.165, 1.54) is 12.8 Å². The first-order valence-corrected chi connectivity index (χ1v) is 5.96. The highest BCUT2D eigenvalue weighted by Crippen LogP contribution is 2.39. The molecule has 1 N–H and O–H groups in total. The molecule has 1 saturated carbocycles. The Kier molecular flexibility index (Phi) is 3.72. The SMILES string of the molecule is CCCOCc1nc(NC)cc(C2CC2)n1. The second kappa shape index (κ2) is 5.25. The van der Waals surface area contributed by atoms with Crippen LogP contribution in [0.2, 0.25) is 0 Å². The van der Waals surface area contributed by atoms with Crippen molar-refractivity contribution in [3.63, 3.8) is 0 Å². The highest BCUT2D eigenvalue weighted by Gasteiger charge is 2.26. The lowest BCUT2D eigenvalue weighted by atomic mass is 10.2. The molecule has 0 spiro atoms. The van der Waals surface area contributed by atoms with Gasteiger partial charge in [0.25, 0.3) is 0 Å². The van der Waals surface area contributed by atoms with Crippen molar-refractivity contribution in [2.75, 3.05) is 19.0 Å². The molecule has 0 bridgehead atoms. The lowest BCUT2D eigenvalue weighted by Gasteiger charge is -2.07. The Morgan fingerprint density at radius 2 is 2.25 bits per heavy atom. The number of anilines is 1. The summed E-state index contributed by atoms with van der Waals surface area (Å²) in [4.78, 5) is 8.93. The van der Waals surface area contributed by atoms with Gasteiger partial charge < -0.3 is 10.1 Å². The maximum absolute atomic E-state index is 5.47. The Bertz CT molecular complexity index is 350. The molecule has 1 aliphatic rings. The molecule has 0 unspecified atom stereocenters. The van der Waals surface area contributed by atoms with E-state index in [1.54, 1.807) is 0 Å². The fraction of sp³-hybridized carbons (Fsp3) is 0.667. The molecule has 4 nitrogen and oxygen atoms in total. The highest BCUT2D eigenvalue weighted by atomic mass is 16.5. The first-order chi connectivity index (χ1) is 7.83. The van der Waals surface area contributed by atoms with E-state index in [-0.39, 0.29) is 0 Å². The lowest BCUT2D eigenvalue weighted by molar-refractivity contribution is 0.116. The second-order valence-electron chi connectivity index (χ2n) is 4.17. The summed E-state index contributed by atoms with van der Waals surface area (Å²) in [6.07, 6.45) is 3.55. The quantitative estimate of drug-likeness (QED) is 0.749. The summed E-state index contributed by atoms with van der Waals surface area (Å²) in [6, 6.07) is 2.04. The van der Waals surface area contributed by atoms with E-state index < -0.39 is 0 Å². The summed E-state index contributed by atoms with van der Waals surface area (Å²) in [5.74, 6) is 2.34. The second-order valence-corrected chi connectivity index (χ2v) is 4.17. The molecule has 0 aromatic carbocycles. The van der Waals surface area contributed by atoms with E-state index in [4.69, 9.17) is 4.74 Å². The molecule has 0 aliphatic heterocycles. The van der Waals surface area contributed by atoms with Gasteiger partial charge in [-0.05, 0) is 19.3 Å². The average Bonchev–Trinajstić information content (AvgIpc) is 3.13. The summed E-state index contributed by atoms with van der Waals surface area (Å²) >= 11 is 0. The van der Waals surface area contributed by atoms with Crippen LogP contribution in [0.5, 0.6) is 0 Å². The van der Waals surface area contributed by atoms with Gasteiger partial charge in [0.05, 0.1) is 0 Å². The van der Waals surface area contributed by atoms with Gasteiger partial charge >= 0.3 is 0 Å². The van der Waals surface area contributed by atoms with Crippen molar-refractivity contribution in [1.82, 2.24) is 9.97 Å². The number of aromatic nitrogens is 2. The first kappa shape index (κ1) is 11.3. The zero-order chi connectivity index (χ0) is 11.4. The van der Waals surface area contributed by atoms with E-state index in [1.807, 2.05) is 13.1 Å². The number of hydrogen-bond acceptors (Lipinski definition) is 4. The van der Waals surface area contributed by atoms with Crippen LogP contribution in [0.25, 0.3) is 0 Å². The van der Waals surface area contributed by atoms with Crippen LogP contribution in [-0.2, 0) is 11.3 Å². The maximum atomic E-state index is 5.47. The topological polar surface area (TPSA) is 47.0 Å². The average molecular weight is 221 g/mol. The smallest absolute Gasteiger partial charge is 0.156 e. The molecule has 1 heterocycles. The van der Waals surface area contributed by atoms with Gasteiger partial charge in [0.1, 0.15) is 12.4 Å². The van der Waals surface area contributed by atoms with Gasteiger partial charge in [-0.1, -0.05) is 6.92 Å². The number of hydrogen-bond donors (Lipinski definition) is 1. The number of rotatable bonds is 6. The molecule has 1 aliphatic carbocycles. The van der Waals surface area contributed by atoms with Gasteiger partial charge in [0.2, 0.25) is 0 Å². The lowest BCUT2D eigenvalue weighted by Crippen LogP contribution is -2.05. The van der Waals surface area contributed by atoms with Gasteiger partial charge in [0, 0.05) is 31.3 Å². The van der Waals surface area contributed by atoms with Crippen LogP contribution >= 0.6 is 0 Å². The zero-order valence-electron chi connectivity index (χ0n) is 9.99. The largest absolute Gasteiger partial charge is 0.373 e. The Labute approximate surface area is 96.4 Å². The summed E-state index contributed by atoms with van der Waals surface area (Å²) < 4.78 is 5.47. The van der Waals surface area contributed by atoms with Crippen molar-refractivity contribution in [3.05, 3.63) is 17.6 Å². The maximum Gasteiger partial charge on any atom is 0.156 e. The summed E-state index contributed by atoms with van der Waals surface area (Å²) in [5.41, 5.74) is 1.16. The number of ether oxygens (including phenoxy) is 1. The third-order valence-corrected chi connectivity index (χ3v) is 2.62. The Balaban J connectivity index is 2.06. The molecule has 0 saturated heterocycles. The van der Waals surface area contributed by atoms with Crippen LogP contribution in [-0.4, -0.2) is 23.6 Å². The normalized spacial score (nSPS) is 15.1. The molecule has 0 radical (unpaired) electrons. The van der Waals surface area contributed by atoms with Crippen LogP contribution in [0.4, 0.5) is 5.82 Å². The zero-order valence-corrected chi connectivity index (χ0v) is 9.99. The van der Waals surface area contributed by atoms with Crippen LogP contribution in [0.1, 0.15) is 43.6 Å². The van der Waals surface area contributed by atoms with Crippen molar-refractivity contribution in [2.24, 2.45) is 0 Å². The third kappa shape index (κ3) is 2.92. The van der Waals surface area contributed by atoms with E-state index >= 15 is 0 Å². The predicted octanol–water partition coefficient (Wildman–Crippen LogP) is 2.32. The van der Waals surface area contributed by atoms with E-state index in [0.717, 1.165) is 30.4 Å². The Hall–Kier alpha value is -1.16. The van der Waals surface area contributed by atoms with Crippen LogP contribution in [0.3, 0.4) is 0 Å². The molecule has 1 aromatic heterocycles. The summed E-state index contributed by atoms with van der Waals surface area (Å²) in [7, 11) is 1.88.